The third-order valence-corrected chi connectivity index (χ3v) is 3.42. The molecule has 0 aromatic heterocycles. The van der Waals surface area contributed by atoms with Gasteiger partial charge in [0, 0.05) is 19.1 Å². The Morgan fingerprint density at radius 2 is 2.09 bits per heavy atom. The van der Waals surface area contributed by atoms with Crippen LogP contribution in [0.3, 0.4) is 0 Å². The first kappa shape index (κ1) is 9.16. The summed E-state index contributed by atoms with van der Waals surface area (Å²) in [7, 11) is 0.930. The van der Waals surface area contributed by atoms with Gasteiger partial charge < -0.3 is 0 Å². The highest BCUT2D eigenvalue weighted by atomic mass is 32.2. The molecule has 11 heavy (non-hydrogen) atoms. The zero-order valence-corrected chi connectivity index (χ0v) is 8.15. The van der Waals surface area contributed by atoms with E-state index in [1.807, 2.05) is 0 Å². The molecule has 0 amide bonds. The van der Waals surface area contributed by atoms with Crippen molar-refractivity contribution in [2.24, 2.45) is 0 Å². The lowest BCUT2D eigenvalue weighted by Crippen LogP contribution is -2.57. The Bertz CT molecular complexity index is 155. The molecule has 1 unspecified atom stereocenters. The Hall–Kier alpha value is 0.0700. The number of rotatable bonds is 3. The molecule has 0 saturated carbocycles. The van der Waals surface area contributed by atoms with Crippen molar-refractivity contribution in [1.29, 1.82) is 0 Å². The van der Waals surface area contributed by atoms with Crippen LogP contribution < -0.4 is 4.72 Å². The number of hydrogen-bond acceptors (Lipinski definition) is 2. The molecule has 1 rings (SSSR count). The molecule has 66 valence electrons. The van der Waals surface area contributed by atoms with Gasteiger partial charge in [-0.05, 0) is 20.9 Å². The van der Waals surface area contributed by atoms with E-state index in [1.165, 1.54) is 0 Å². The first-order valence-corrected chi connectivity index (χ1v) is 5.18. The smallest absolute Gasteiger partial charge is 0.0970 e. The van der Waals surface area contributed by atoms with Crippen molar-refractivity contribution in [3.8, 4) is 0 Å². The Morgan fingerprint density at radius 1 is 1.55 bits per heavy atom. The lowest BCUT2D eigenvalue weighted by molar-refractivity contribution is 0.144. The second-order valence-electron chi connectivity index (χ2n) is 3.17. The topological polar surface area (TPSA) is 32.3 Å². The third-order valence-electron chi connectivity index (χ3n) is 2.11. The van der Waals surface area contributed by atoms with Crippen molar-refractivity contribution in [2.45, 2.75) is 25.1 Å². The summed E-state index contributed by atoms with van der Waals surface area (Å²) in [6, 6.07) is 0.597. The number of likely N-dealkylation sites (tertiary alicyclic amines) is 1. The van der Waals surface area contributed by atoms with Crippen LogP contribution in [0.5, 0.6) is 0 Å². The molecule has 1 aliphatic heterocycles. The van der Waals surface area contributed by atoms with Crippen LogP contribution in [0.25, 0.3) is 0 Å². The van der Waals surface area contributed by atoms with E-state index in [0.717, 1.165) is 13.1 Å². The maximum absolute atomic E-state index is 11.1. The van der Waals surface area contributed by atoms with Crippen LogP contribution >= 0.6 is 0 Å². The molecular weight excluding hydrogens is 160 g/mol. The van der Waals surface area contributed by atoms with Gasteiger partial charge in [-0.25, -0.2) is 8.93 Å². The molecule has 0 aliphatic carbocycles. The van der Waals surface area contributed by atoms with Gasteiger partial charge in [0.25, 0.3) is 0 Å². The molecule has 0 aromatic rings. The van der Waals surface area contributed by atoms with E-state index >= 15 is 0 Å². The molecule has 1 fully saturated rings. The van der Waals surface area contributed by atoms with E-state index in [4.69, 9.17) is 0 Å². The van der Waals surface area contributed by atoms with Crippen LogP contribution in [-0.4, -0.2) is 40.5 Å². The number of hydrogen-bond donors (Lipinski definition) is 1. The minimum atomic E-state index is -0.814. The third kappa shape index (κ3) is 2.01. The highest BCUT2D eigenvalue weighted by molar-refractivity contribution is 7.83. The normalized spacial score (nSPS) is 23.6. The van der Waals surface area contributed by atoms with Gasteiger partial charge >= 0.3 is 0 Å². The Labute approximate surface area is 70.7 Å². The second kappa shape index (κ2) is 3.65. The fourth-order valence-electron chi connectivity index (χ4n) is 1.19. The van der Waals surface area contributed by atoms with Crippen molar-refractivity contribution in [3.63, 3.8) is 0 Å². The van der Waals surface area contributed by atoms with Gasteiger partial charge in [0.15, 0.2) is 0 Å². The first-order chi connectivity index (χ1) is 5.15. The average Bonchev–Trinajstić information content (AvgIpc) is 1.83. The summed E-state index contributed by atoms with van der Waals surface area (Å²) in [6.07, 6.45) is 0. The first-order valence-electron chi connectivity index (χ1n) is 3.97. The lowest BCUT2D eigenvalue weighted by Gasteiger charge is -2.40. The molecule has 1 heterocycles. The van der Waals surface area contributed by atoms with Crippen LogP contribution in [-0.2, 0) is 11.0 Å². The van der Waals surface area contributed by atoms with Crippen LogP contribution in [0.4, 0.5) is 0 Å². The Balaban J connectivity index is 2.24. The minimum absolute atomic E-state index is 0.349. The molecule has 1 atom stereocenters. The highest BCUT2D eigenvalue weighted by Crippen LogP contribution is 2.15. The van der Waals surface area contributed by atoms with Crippen molar-refractivity contribution in [2.75, 3.05) is 20.1 Å². The fourth-order valence-corrected chi connectivity index (χ4v) is 2.18. The molecule has 0 spiro atoms. The zero-order valence-electron chi connectivity index (χ0n) is 7.33. The predicted octanol–water partition coefficient (Wildman–Crippen LogP) is -0.0379. The summed E-state index contributed by atoms with van der Waals surface area (Å²) in [5, 5.41) is 0.349. The van der Waals surface area contributed by atoms with E-state index in [1.54, 1.807) is 7.05 Å². The summed E-state index contributed by atoms with van der Waals surface area (Å²) in [5.41, 5.74) is 0. The van der Waals surface area contributed by atoms with E-state index in [-0.39, 0.29) is 0 Å². The van der Waals surface area contributed by atoms with Gasteiger partial charge in [-0.15, -0.1) is 0 Å². The van der Waals surface area contributed by atoms with E-state index in [0.29, 0.717) is 11.3 Å². The molecule has 0 aromatic carbocycles. The summed E-state index contributed by atoms with van der Waals surface area (Å²) >= 11 is 0. The van der Waals surface area contributed by atoms with E-state index in [9.17, 15) is 4.21 Å². The van der Waals surface area contributed by atoms with Gasteiger partial charge in [0.2, 0.25) is 0 Å². The van der Waals surface area contributed by atoms with Crippen molar-refractivity contribution in [1.82, 2.24) is 9.62 Å². The van der Waals surface area contributed by atoms with E-state index in [2.05, 4.69) is 23.5 Å². The number of nitrogens with zero attached hydrogens (tertiary/aromatic N) is 1. The minimum Gasteiger partial charge on any atom is -0.298 e. The molecule has 1 saturated heterocycles. The van der Waals surface area contributed by atoms with Crippen LogP contribution in [0.1, 0.15) is 13.8 Å². The average molecular weight is 176 g/mol. The zero-order chi connectivity index (χ0) is 8.43. The van der Waals surface area contributed by atoms with Gasteiger partial charge in [-0.2, -0.15) is 0 Å². The molecule has 4 heteroatoms. The molecule has 1 aliphatic rings. The van der Waals surface area contributed by atoms with Gasteiger partial charge in [0.05, 0.1) is 16.2 Å². The largest absolute Gasteiger partial charge is 0.298 e. The van der Waals surface area contributed by atoms with Crippen LogP contribution in [0.2, 0.25) is 0 Å². The standard InChI is InChI=1S/C7H16N2OS/c1-6(2)9-4-7(5-9)11(10)8-3/h6-8H,4-5H2,1-3H3. The molecule has 0 bridgehead atoms. The van der Waals surface area contributed by atoms with Crippen molar-refractivity contribution in [3.05, 3.63) is 0 Å². The Morgan fingerprint density at radius 3 is 2.45 bits per heavy atom. The summed E-state index contributed by atoms with van der Waals surface area (Å²) in [5.74, 6) is 0. The highest BCUT2D eigenvalue weighted by Gasteiger charge is 2.32. The SMILES string of the molecule is CNS(=O)C1CN(C(C)C)C1. The summed E-state index contributed by atoms with van der Waals surface area (Å²) in [6.45, 7) is 6.28. The summed E-state index contributed by atoms with van der Waals surface area (Å²) in [4.78, 5) is 2.32. The van der Waals surface area contributed by atoms with Gasteiger partial charge in [0.1, 0.15) is 0 Å². The lowest BCUT2D eigenvalue weighted by atomic mass is 10.1. The maximum atomic E-state index is 11.1. The van der Waals surface area contributed by atoms with Crippen molar-refractivity contribution < 1.29 is 4.21 Å². The molecule has 3 nitrogen and oxygen atoms in total. The second-order valence-corrected chi connectivity index (χ2v) is 4.84. The van der Waals surface area contributed by atoms with Gasteiger partial charge in [-0.1, -0.05) is 0 Å². The van der Waals surface area contributed by atoms with Crippen LogP contribution in [0, 0.1) is 0 Å². The number of nitrogens with one attached hydrogen (secondary N) is 1. The van der Waals surface area contributed by atoms with Gasteiger partial charge in [-0.3, -0.25) is 4.90 Å². The maximum Gasteiger partial charge on any atom is 0.0970 e. The quantitative estimate of drug-likeness (QED) is 0.654. The predicted molar refractivity (Wildman–Crippen MR) is 47.7 cm³/mol. The molecular formula is C7H16N2OS. The molecule has 0 radical (unpaired) electrons. The fraction of sp³-hybridized carbons (Fsp3) is 1.00. The van der Waals surface area contributed by atoms with Crippen LogP contribution in [0.15, 0.2) is 0 Å². The summed E-state index contributed by atoms with van der Waals surface area (Å²) < 4.78 is 13.9. The monoisotopic (exact) mass is 176 g/mol. The Kier molecular flexibility index (Phi) is 3.04. The van der Waals surface area contributed by atoms with E-state index < -0.39 is 11.0 Å². The molecule has 1 N–H and O–H groups in total. The van der Waals surface area contributed by atoms with Crippen molar-refractivity contribution >= 4 is 11.0 Å².